The zero-order valence-electron chi connectivity index (χ0n) is 26.8. The molecule has 8 heteroatoms. The van der Waals surface area contributed by atoms with Crippen molar-refractivity contribution in [2.45, 2.75) is 82.5 Å². The van der Waals surface area contributed by atoms with Gasteiger partial charge in [-0.1, -0.05) is 31.4 Å². The van der Waals surface area contributed by atoms with Gasteiger partial charge in [0.1, 0.15) is 11.9 Å². The second-order valence-electron chi connectivity index (χ2n) is 13.0. The third kappa shape index (κ3) is 5.73. The molecule has 2 fully saturated rings. The lowest BCUT2D eigenvalue weighted by atomic mass is 9.67. The molecule has 0 aromatic heterocycles. The minimum atomic E-state index is -0.732. The zero-order chi connectivity index (χ0) is 31.8. The summed E-state index contributed by atoms with van der Waals surface area (Å²) in [6.45, 7) is 15.5. The van der Waals surface area contributed by atoms with Gasteiger partial charge in [-0.2, -0.15) is 5.26 Å². The van der Waals surface area contributed by atoms with E-state index in [1.165, 1.54) is 5.56 Å². The van der Waals surface area contributed by atoms with Crippen molar-refractivity contribution in [3.05, 3.63) is 88.6 Å². The Bertz CT molecular complexity index is 1470. The minimum Gasteiger partial charge on any atom is -0.388 e. The molecule has 8 nitrogen and oxygen atoms in total. The first-order chi connectivity index (χ1) is 21.0. The van der Waals surface area contributed by atoms with Crippen molar-refractivity contribution in [1.82, 2.24) is 20.9 Å². The first-order valence-corrected chi connectivity index (χ1v) is 15.8. The number of carbonyl (C=O) groups is 1. The highest BCUT2D eigenvalue weighted by Crippen LogP contribution is 2.49. The summed E-state index contributed by atoms with van der Waals surface area (Å²) in [7, 11) is 3.54. The van der Waals surface area contributed by atoms with Crippen molar-refractivity contribution in [3.8, 4) is 6.07 Å². The van der Waals surface area contributed by atoms with Crippen molar-refractivity contribution < 1.29 is 4.79 Å². The molecule has 0 radical (unpaired) electrons. The first-order valence-electron chi connectivity index (χ1n) is 15.8. The Morgan fingerprint density at radius 2 is 1.70 bits per heavy atom. The fraction of sp³-hybridized carbons (Fsp3) is 0.472. The number of rotatable bonds is 11. The predicted molar refractivity (Wildman–Crippen MR) is 178 cm³/mol. The van der Waals surface area contributed by atoms with Gasteiger partial charge in [0, 0.05) is 55.7 Å². The van der Waals surface area contributed by atoms with Gasteiger partial charge in [-0.15, -0.1) is 0 Å². The number of piperidine rings is 1. The van der Waals surface area contributed by atoms with Gasteiger partial charge in [-0.3, -0.25) is 9.79 Å². The molecule has 1 saturated heterocycles. The molecule has 5 N–H and O–H groups in total. The average Bonchev–Trinajstić information content (AvgIpc) is 3.71. The van der Waals surface area contributed by atoms with E-state index in [-0.39, 0.29) is 24.0 Å². The molecule has 0 spiro atoms. The Morgan fingerprint density at radius 1 is 1.07 bits per heavy atom. The Kier molecular flexibility index (Phi) is 8.90. The number of nitrogens with zero attached hydrogens (tertiary/aromatic N) is 3. The number of nitrogens with two attached hydrogens (primary N) is 1. The molecule has 232 valence electrons. The monoisotopic (exact) mass is 593 g/mol. The molecule has 2 aromatic carbocycles. The molecule has 1 saturated carbocycles. The van der Waals surface area contributed by atoms with Gasteiger partial charge in [0.05, 0.1) is 11.5 Å². The van der Waals surface area contributed by atoms with Gasteiger partial charge >= 0.3 is 0 Å². The van der Waals surface area contributed by atoms with Crippen LogP contribution in [0.4, 0.5) is 0 Å². The van der Waals surface area contributed by atoms with Gasteiger partial charge in [0.25, 0.3) is 5.91 Å². The number of nitrogens with one attached hydrogen (secondary N) is 3. The number of amidine groups is 1. The van der Waals surface area contributed by atoms with E-state index in [9.17, 15) is 10.1 Å². The van der Waals surface area contributed by atoms with E-state index in [0.29, 0.717) is 36.3 Å². The molecular formula is C36H47N7O. The molecular weight excluding hydrogens is 546 g/mol. The molecule has 1 amide bonds. The summed E-state index contributed by atoms with van der Waals surface area (Å²) in [6, 6.07) is 15.4. The van der Waals surface area contributed by atoms with Gasteiger partial charge in [0.15, 0.2) is 0 Å². The molecule has 1 aliphatic heterocycles. The van der Waals surface area contributed by atoms with E-state index in [1.807, 2.05) is 33.0 Å². The maximum Gasteiger partial charge on any atom is 0.251 e. The maximum absolute atomic E-state index is 12.7. The molecule has 44 heavy (non-hydrogen) atoms. The van der Waals surface area contributed by atoms with Crippen LogP contribution < -0.4 is 21.7 Å². The number of likely N-dealkylation sites (tertiary alicyclic amines) is 1. The maximum atomic E-state index is 12.7. The number of hydrogen-bond donors (Lipinski definition) is 4. The fourth-order valence-corrected chi connectivity index (χ4v) is 7.40. The van der Waals surface area contributed by atoms with Crippen molar-refractivity contribution in [2.24, 2.45) is 16.6 Å². The Hall–Kier alpha value is -4.09. The Balaban J connectivity index is 1.58. The summed E-state index contributed by atoms with van der Waals surface area (Å²) >= 11 is 0. The van der Waals surface area contributed by atoms with Crippen LogP contribution in [0.3, 0.4) is 0 Å². The number of aliphatic imine (C=N–C) groups is 1. The standard InChI is InChI=1S/C36H47N7O/c1-21(2)42-35(38)36(18-22(3)41-20-23(4)43-30(19-37)16-29-17-33(29)43)31-12-10-25(24(5)39-6)14-26(31)8-9-27-15-28(34(44)40-7)11-13-32(27)36/h10-15,21-22,29-30,33,39,41H,4-5,8-9,16-18,20H2,1-3,6-7H3,(H2,38,42)(H,40,44)/t22?,29-,30?,33+,36?/m1/s1. The van der Waals surface area contributed by atoms with Gasteiger partial charge in [-0.25, -0.2) is 0 Å². The third-order valence-electron chi connectivity index (χ3n) is 9.65. The molecule has 2 aromatic rings. The van der Waals surface area contributed by atoms with E-state index >= 15 is 0 Å². The number of benzene rings is 2. The van der Waals surface area contributed by atoms with Crippen LogP contribution in [0.2, 0.25) is 0 Å². The molecule has 0 bridgehead atoms. The number of aryl methyl sites for hydroxylation is 2. The van der Waals surface area contributed by atoms with Crippen LogP contribution in [0.15, 0.2) is 60.2 Å². The van der Waals surface area contributed by atoms with E-state index < -0.39 is 5.41 Å². The van der Waals surface area contributed by atoms with Crippen LogP contribution in [-0.2, 0) is 18.3 Å². The first kappa shape index (κ1) is 31.3. The fourth-order valence-electron chi connectivity index (χ4n) is 7.40. The summed E-state index contributed by atoms with van der Waals surface area (Å²) < 4.78 is 0. The van der Waals surface area contributed by atoms with Crippen LogP contribution in [-0.4, -0.2) is 61.5 Å². The predicted octanol–water partition coefficient (Wildman–Crippen LogP) is 4.25. The third-order valence-corrected chi connectivity index (χ3v) is 9.65. The normalized spacial score (nSPS) is 24.3. The Morgan fingerprint density at radius 3 is 2.30 bits per heavy atom. The van der Waals surface area contributed by atoms with Crippen LogP contribution >= 0.6 is 0 Å². The van der Waals surface area contributed by atoms with E-state index in [4.69, 9.17) is 10.7 Å². The number of amides is 1. The van der Waals surface area contributed by atoms with Crippen molar-refractivity contribution in [2.75, 3.05) is 20.6 Å². The summed E-state index contributed by atoms with van der Waals surface area (Å²) in [5.41, 5.74) is 14.4. The molecule has 5 rings (SSSR count). The number of fused-ring (bicyclic) bond motifs is 3. The van der Waals surface area contributed by atoms with E-state index in [0.717, 1.165) is 59.3 Å². The molecule has 3 aliphatic rings. The van der Waals surface area contributed by atoms with Crippen molar-refractivity contribution in [1.29, 1.82) is 5.26 Å². The quantitative estimate of drug-likeness (QED) is 0.229. The molecule has 3 unspecified atom stereocenters. The summed E-state index contributed by atoms with van der Waals surface area (Å²) in [6.07, 6.45) is 4.32. The second kappa shape index (κ2) is 12.5. The van der Waals surface area contributed by atoms with Crippen LogP contribution in [0.25, 0.3) is 5.70 Å². The smallest absolute Gasteiger partial charge is 0.251 e. The van der Waals surface area contributed by atoms with E-state index in [1.54, 1.807) is 7.05 Å². The minimum absolute atomic E-state index is 0.00289. The van der Waals surface area contributed by atoms with Crippen molar-refractivity contribution >= 4 is 17.4 Å². The summed E-state index contributed by atoms with van der Waals surface area (Å²) in [5, 5.41) is 19.4. The van der Waals surface area contributed by atoms with Gasteiger partial charge in [0.2, 0.25) is 0 Å². The number of carbonyl (C=O) groups excluding carboxylic acids is 1. The summed E-state index contributed by atoms with van der Waals surface area (Å²) in [4.78, 5) is 19.9. The van der Waals surface area contributed by atoms with Crippen LogP contribution in [0.5, 0.6) is 0 Å². The highest BCUT2D eigenvalue weighted by molar-refractivity contribution is 5.98. The number of nitriles is 1. The lowest BCUT2D eigenvalue weighted by Crippen LogP contribution is -2.48. The summed E-state index contributed by atoms with van der Waals surface area (Å²) in [5.74, 6) is 1.09. The molecule has 5 atom stereocenters. The topological polar surface area (TPSA) is 119 Å². The second-order valence-corrected chi connectivity index (χ2v) is 13.0. The zero-order valence-corrected chi connectivity index (χ0v) is 26.8. The average molecular weight is 594 g/mol. The highest BCUT2D eigenvalue weighted by Gasteiger charge is 2.52. The van der Waals surface area contributed by atoms with E-state index in [2.05, 4.69) is 71.3 Å². The van der Waals surface area contributed by atoms with Gasteiger partial charge < -0.3 is 26.6 Å². The molecule has 1 heterocycles. The highest BCUT2D eigenvalue weighted by atomic mass is 16.1. The lowest BCUT2D eigenvalue weighted by molar-refractivity contribution is 0.0963. The largest absolute Gasteiger partial charge is 0.388 e. The lowest BCUT2D eigenvalue weighted by Gasteiger charge is -2.39. The van der Waals surface area contributed by atoms with Gasteiger partial charge in [-0.05, 0) is 105 Å². The number of hydrogen-bond acceptors (Lipinski definition) is 6. The molecule has 2 aliphatic carbocycles. The SMILES string of the molecule is C=C(NC)c1ccc2c(c1)CCc1cc(C(=O)NC)ccc1C2(CC(C)NCC(=C)N1C(C#N)C[C@@H]2C[C@@H]21)C(N)=NC(C)C. The van der Waals surface area contributed by atoms with Crippen LogP contribution in [0, 0.1) is 17.2 Å². The van der Waals surface area contributed by atoms with Crippen LogP contribution in [0.1, 0.15) is 78.2 Å². The van der Waals surface area contributed by atoms with Crippen molar-refractivity contribution in [3.63, 3.8) is 0 Å². The Labute approximate surface area is 262 Å².